The Balaban J connectivity index is 1.05. The van der Waals surface area contributed by atoms with Crippen molar-refractivity contribution in [3.8, 4) is 55.6 Å². The third kappa shape index (κ3) is 4.73. The van der Waals surface area contributed by atoms with Gasteiger partial charge in [0.1, 0.15) is 0 Å². The average molecular weight is 752 g/mol. The molecule has 0 unspecified atom stereocenters. The minimum absolute atomic E-state index is 0.113. The maximum atomic E-state index is 2.44. The summed E-state index contributed by atoms with van der Waals surface area (Å²) in [5, 5.41) is 0. The molecule has 3 aliphatic carbocycles. The molecule has 0 amide bonds. The first-order chi connectivity index (χ1) is 29.0. The molecule has 0 aliphatic heterocycles. The SMILES string of the molecule is CC1(C)c2ccccc2-c2ccc(N(c3ccc(-c4ccccc4)cc3)c3cccc(-c4cccc5c4-c4ccccc4C54c5ccccc5-c5ccccc54)c3)cc21. The number of fused-ring (bicyclic) bond motifs is 13. The van der Waals surface area contributed by atoms with E-state index < -0.39 is 0 Å². The molecule has 0 saturated heterocycles. The van der Waals surface area contributed by atoms with Crippen LogP contribution in [0.1, 0.15) is 47.2 Å². The summed E-state index contributed by atoms with van der Waals surface area (Å²) in [4.78, 5) is 2.44. The van der Waals surface area contributed by atoms with Crippen molar-refractivity contribution in [2.45, 2.75) is 24.7 Å². The minimum atomic E-state index is -0.381. The normalized spacial score (nSPS) is 14.2. The zero-order valence-corrected chi connectivity index (χ0v) is 33.2. The van der Waals surface area contributed by atoms with Crippen LogP contribution in [0.5, 0.6) is 0 Å². The van der Waals surface area contributed by atoms with Gasteiger partial charge in [-0.25, -0.2) is 0 Å². The topological polar surface area (TPSA) is 3.24 Å². The molecule has 0 heterocycles. The Morgan fingerprint density at radius 2 is 0.746 bits per heavy atom. The van der Waals surface area contributed by atoms with Crippen molar-refractivity contribution in [1.82, 2.24) is 0 Å². The summed E-state index contributed by atoms with van der Waals surface area (Å²) in [6.07, 6.45) is 0. The summed E-state index contributed by atoms with van der Waals surface area (Å²) in [6.45, 7) is 4.73. The van der Waals surface area contributed by atoms with Crippen molar-refractivity contribution in [1.29, 1.82) is 0 Å². The van der Waals surface area contributed by atoms with Gasteiger partial charge in [-0.05, 0) is 125 Å². The summed E-state index contributed by atoms with van der Waals surface area (Å²) < 4.78 is 0. The number of anilines is 3. The van der Waals surface area contributed by atoms with Gasteiger partial charge in [0.2, 0.25) is 0 Å². The molecule has 12 rings (SSSR count). The molecule has 9 aromatic carbocycles. The number of benzene rings is 9. The predicted molar refractivity (Wildman–Crippen MR) is 246 cm³/mol. The summed E-state index contributed by atoms with van der Waals surface area (Å²) >= 11 is 0. The van der Waals surface area contributed by atoms with Gasteiger partial charge < -0.3 is 4.90 Å². The van der Waals surface area contributed by atoms with Gasteiger partial charge in [0.15, 0.2) is 0 Å². The summed E-state index contributed by atoms with van der Waals surface area (Å²) in [5.41, 5.74) is 23.9. The summed E-state index contributed by atoms with van der Waals surface area (Å²) in [5.74, 6) is 0. The van der Waals surface area contributed by atoms with Gasteiger partial charge in [-0.2, -0.15) is 0 Å². The third-order valence-electron chi connectivity index (χ3n) is 13.5. The van der Waals surface area contributed by atoms with Gasteiger partial charge in [0.05, 0.1) is 5.41 Å². The Labute approximate surface area is 346 Å². The van der Waals surface area contributed by atoms with Gasteiger partial charge in [-0.3, -0.25) is 0 Å². The fourth-order valence-corrected chi connectivity index (χ4v) is 10.9. The molecule has 1 heteroatoms. The first-order valence-electron chi connectivity index (χ1n) is 20.8. The number of rotatable bonds is 5. The Hall–Kier alpha value is -7.22. The molecule has 0 fully saturated rings. The van der Waals surface area contributed by atoms with Crippen molar-refractivity contribution >= 4 is 17.1 Å². The molecule has 1 nitrogen and oxygen atoms in total. The van der Waals surface area contributed by atoms with Crippen LogP contribution >= 0.6 is 0 Å². The van der Waals surface area contributed by atoms with E-state index >= 15 is 0 Å². The fourth-order valence-electron chi connectivity index (χ4n) is 10.9. The van der Waals surface area contributed by atoms with E-state index in [0.29, 0.717) is 0 Å². The highest BCUT2D eigenvalue weighted by atomic mass is 15.1. The van der Waals surface area contributed by atoms with E-state index in [1.807, 2.05) is 0 Å². The average Bonchev–Trinajstić information content (AvgIpc) is 3.86. The lowest BCUT2D eigenvalue weighted by Crippen LogP contribution is -2.25. The Morgan fingerprint density at radius 1 is 0.288 bits per heavy atom. The lowest BCUT2D eigenvalue weighted by molar-refractivity contribution is 0.660. The van der Waals surface area contributed by atoms with Crippen LogP contribution in [-0.4, -0.2) is 0 Å². The molecule has 0 aromatic heterocycles. The zero-order chi connectivity index (χ0) is 39.3. The van der Waals surface area contributed by atoms with Gasteiger partial charge >= 0.3 is 0 Å². The molecule has 0 atom stereocenters. The number of hydrogen-bond acceptors (Lipinski definition) is 1. The lowest BCUT2D eigenvalue weighted by atomic mass is 9.70. The van der Waals surface area contributed by atoms with Crippen LogP contribution in [0.3, 0.4) is 0 Å². The van der Waals surface area contributed by atoms with Crippen LogP contribution in [0.4, 0.5) is 17.1 Å². The molecule has 0 saturated carbocycles. The van der Waals surface area contributed by atoms with Crippen molar-refractivity contribution in [2.75, 3.05) is 4.90 Å². The molecular weight excluding hydrogens is 711 g/mol. The molecule has 59 heavy (non-hydrogen) atoms. The molecule has 278 valence electrons. The number of nitrogens with zero attached hydrogens (tertiary/aromatic N) is 1. The highest BCUT2D eigenvalue weighted by molar-refractivity contribution is 6.00. The van der Waals surface area contributed by atoms with Gasteiger partial charge in [-0.15, -0.1) is 0 Å². The molecule has 9 aromatic rings. The van der Waals surface area contributed by atoms with E-state index in [1.54, 1.807) is 0 Å². The fraction of sp³-hybridized carbons (Fsp3) is 0.0690. The van der Waals surface area contributed by atoms with Crippen molar-refractivity contribution in [3.05, 3.63) is 246 Å². The Bertz CT molecular complexity index is 3090. The highest BCUT2D eigenvalue weighted by Gasteiger charge is 2.52. The zero-order valence-electron chi connectivity index (χ0n) is 33.2. The predicted octanol–water partition coefficient (Wildman–Crippen LogP) is 15.1. The van der Waals surface area contributed by atoms with E-state index in [1.165, 1.54) is 89.0 Å². The standard InChI is InChI=1S/C58H41N/c1-57(2)50-25-10-6-20-45(50)48-35-34-43(37-55(48)57)59(41-32-30-39(31-33-41)38-16-4-3-5-17-38)42-19-14-18-40(36-42)44-24-15-29-54-56(44)49-23-9-13-28-53(49)58(54)51-26-11-7-21-46(51)47-22-8-12-27-52(47)58/h3-37H,1-2H3. The quantitative estimate of drug-likeness (QED) is 0.169. The first kappa shape index (κ1) is 33.9. The lowest BCUT2D eigenvalue weighted by Gasteiger charge is -2.30. The van der Waals surface area contributed by atoms with E-state index in [0.717, 1.165) is 17.1 Å². The maximum Gasteiger partial charge on any atom is 0.0725 e. The molecule has 0 radical (unpaired) electrons. The van der Waals surface area contributed by atoms with Crippen LogP contribution in [0, 0.1) is 0 Å². The highest BCUT2D eigenvalue weighted by Crippen LogP contribution is 2.64. The van der Waals surface area contributed by atoms with Crippen LogP contribution in [0.25, 0.3) is 55.6 Å². The van der Waals surface area contributed by atoms with E-state index in [4.69, 9.17) is 0 Å². The van der Waals surface area contributed by atoms with Crippen LogP contribution < -0.4 is 4.90 Å². The maximum absolute atomic E-state index is 2.44. The van der Waals surface area contributed by atoms with E-state index in [9.17, 15) is 0 Å². The van der Waals surface area contributed by atoms with Gasteiger partial charge in [0, 0.05) is 22.5 Å². The van der Waals surface area contributed by atoms with Crippen molar-refractivity contribution in [2.24, 2.45) is 0 Å². The van der Waals surface area contributed by atoms with Crippen LogP contribution in [-0.2, 0) is 10.8 Å². The summed E-state index contributed by atoms with van der Waals surface area (Å²) in [6, 6.07) is 79.1. The van der Waals surface area contributed by atoms with Crippen LogP contribution in [0.2, 0.25) is 0 Å². The van der Waals surface area contributed by atoms with Crippen LogP contribution in [0.15, 0.2) is 212 Å². The summed E-state index contributed by atoms with van der Waals surface area (Å²) in [7, 11) is 0. The van der Waals surface area contributed by atoms with Crippen molar-refractivity contribution < 1.29 is 0 Å². The number of hydrogen-bond donors (Lipinski definition) is 0. The van der Waals surface area contributed by atoms with E-state index in [2.05, 4.69) is 231 Å². The molecule has 3 aliphatic rings. The first-order valence-corrected chi connectivity index (χ1v) is 20.8. The molecule has 0 bridgehead atoms. The van der Waals surface area contributed by atoms with Gasteiger partial charge in [-0.1, -0.05) is 190 Å². The second-order valence-corrected chi connectivity index (χ2v) is 16.8. The van der Waals surface area contributed by atoms with Crippen molar-refractivity contribution in [3.63, 3.8) is 0 Å². The molecule has 1 spiro atoms. The van der Waals surface area contributed by atoms with Gasteiger partial charge in [0.25, 0.3) is 0 Å². The second kappa shape index (κ2) is 12.6. The largest absolute Gasteiger partial charge is 0.310 e. The van der Waals surface area contributed by atoms with E-state index in [-0.39, 0.29) is 10.8 Å². The monoisotopic (exact) mass is 751 g/mol. The smallest absolute Gasteiger partial charge is 0.0725 e. The molecule has 0 N–H and O–H groups in total. The Morgan fingerprint density at radius 3 is 1.44 bits per heavy atom. The Kier molecular flexibility index (Phi) is 7.26. The second-order valence-electron chi connectivity index (χ2n) is 16.8. The molecular formula is C58H41N. The third-order valence-corrected chi connectivity index (χ3v) is 13.5. The minimum Gasteiger partial charge on any atom is -0.310 e.